The fourth-order valence-electron chi connectivity index (χ4n) is 2.50. The Kier molecular flexibility index (Phi) is 7.17. The van der Waals surface area contributed by atoms with E-state index >= 15 is 0 Å². The van der Waals surface area contributed by atoms with Gasteiger partial charge in [0.25, 0.3) is 0 Å². The van der Waals surface area contributed by atoms with Gasteiger partial charge in [-0.2, -0.15) is 0 Å². The number of unbranched alkanes of at least 4 members (excludes halogenated alkanes) is 2. The molecule has 1 heterocycles. The molecule has 1 unspecified atom stereocenters. The van der Waals surface area contributed by atoms with Crippen LogP contribution in [0.5, 0.6) is 0 Å². The van der Waals surface area contributed by atoms with Crippen molar-refractivity contribution < 1.29 is 4.42 Å². The molecule has 0 aliphatic heterocycles. The van der Waals surface area contributed by atoms with Crippen molar-refractivity contribution in [2.45, 2.75) is 65.5 Å². The Hall–Kier alpha value is -0.800. The Morgan fingerprint density at radius 3 is 2.42 bits per heavy atom. The Morgan fingerprint density at radius 2 is 1.95 bits per heavy atom. The number of hydrogen-bond donors (Lipinski definition) is 1. The van der Waals surface area contributed by atoms with E-state index in [1.165, 1.54) is 19.3 Å². The first-order valence-electron chi connectivity index (χ1n) is 7.68. The molecule has 0 saturated heterocycles. The molecular formula is C16H30N2O. The summed E-state index contributed by atoms with van der Waals surface area (Å²) in [4.78, 5) is 2.47. The highest BCUT2D eigenvalue weighted by Crippen LogP contribution is 2.25. The highest BCUT2D eigenvalue weighted by atomic mass is 16.3. The Balaban J connectivity index is 2.77. The molecule has 0 bridgehead atoms. The minimum Gasteiger partial charge on any atom is -0.464 e. The third kappa shape index (κ3) is 4.66. The minimum atomic E-state index is 0.206. The van der Waals surface area contributed by atoms with Crippen molar-refractivity contribution in [1.29, 1.82) is 0 Å². The van der Waals surface area contributed by atoms with Crippen LogP contribution < -0.4 is 5.73 Å². The molecule has 1 rings (SSSR count). The first kappa shape index (κ1) is 16.3. The summed E-state index contributed by atoms with van der Waals surface area (Å²) < 4.78 is 5.90. The molecule has 110 valence electrons. The summed E-state index contributed by atoms with van der Waals surface area (Å²) in [6.45, 7) is 10.5. The Labute approximate surface area is 118 Å². The quantitative estimate of drug-likeness (QED) is 0.692. The van der Waals surface area contributed by atoms with Crippen LogP contribution in [-0.4, -0.2) is 24.0 Å². The summed E-state index contributed by atoms with van der Waals surface area (Å²) in [6, 6.07) is 4.85. The summed E-state index contributed by atoms with van der Waals surface area (Å²) in [7, 11) is 0. The summed E-state index contributed by atoms with van der Waals surface area (Å²) >= 11 is 0. The summed E-state index contributed by atoms with van der Waals surface area (Å²) in [5, 5.41) is 0. The van der Waals surface area contributed by atoms with Gasteiger partial charge in [0.15, 0.2) is 0 Å². The second kappa shape index (κ2) is 8.39. The maximum Gasteiger partial charge on any atom is 0.122 e. The van der Waals surface area contributed by atoms with Crippen LogP contribution in [-0.2, 0) is 6.42 Å². The first-order chi connectivity index (χ1) is 9.13. The van der Waals surface area contributed by atoms with E-state index in [9.17, 15) is 0 Å². The van der Waals surface area contributed by atoms with E-state index in [1.54, 1.807) is 0 Å². The summed E-state index contributed by atoms with van der Waals surface area (Å²) in [6.07, 6.45) is 4.69. The highest BCUT2D eigenvalue weighted by molar-refractivity contribution is 5.11. The molecular weight excluding hydrogens is 236 g/mol. The van der Waals surface area contributed by atoms with Crippen molar-refractivity contribution in [3.8, 4) is 0 Å². The maximum atomic E-state index is 6.00. The Morgan fingerprint density at radius 1 is 1.21 bits per heavy atom. The van der Waals surface area contributed by atoms with Gasteiger partial charge in [0.1, 0.15) is 11.5 Å². The fourth-order valence-corrected chi connectivity index (χ4v) is 2.50. The van der Waals surface area contributed by atoms with Crippen molar-refractivity contribution in [2.75, 3.05) is 13.1 Å². The second-order valence-corrected chi connectivity index (χ2v) is 5.45. The lowest BCUT2D eigenvalue weighted by Gasteiger charge is -2.33. The van der Waals surface area contributed by atoms with E-state index in [1.807, 2.05) is 0 Å². The number of rotatable bonds is 9. The summed E-state index contributed by atoms with van der Waals surface area (Å²) in [5.41, 5.74) is 6.00. The van der Waals surface area contributed by atoms with Crippen molar-refractivity contribution in [3.63, 3.8) is 0 Å². The van der Waals surface area contributed by atoms with Crippen molar-refractivity contribution in [1.82, 2.24) is 4.90 Å². The number of nitrogens with zero attached hydrogens (tertiary/aromatic N) is 1. The van der Waals surface area contributed by atoms with Gasteiger partial charge < -0.3 is 10.2 Å². The van der Waals surface area contributed by atoms with Gasteiger partial charge in [-0.25, -0.2) is 0 Å². The fraction of sp³-hybridized carbons (Fsp3) is 0.750. The van der Waals surface area contributed by atoms with Crippen LogP contribution in [0.3, 0.4) is 0 Å². The SMILES string of the molecule is CCCCCN(C(C)C)C(CN)c1ccc(CC)o1. The zero-order valence-corrected chi connectivity index (χ0v) is 13.0. The van der Waals surface area contributed by atoms with E-state index in [0.717, 1.165) is 24.5 Å². The van der Waals surface area contributed by atoms with Gasteiger partial charge in [-0.15, -0.1) is 0 Å². The molecule has 0 radical (unpaired) electrons. The highest BCUT2D eigenvalue weighted by Gasteiger charge is 2.23. The lowest BCUT2D eigenvalue weighted by molar-refractivity contribution is 0.135. The third-order valence-electron chi connectivity index (χ3n) is 3.67. The molecule has 19 heavy (non-hydrogen) atoms. The van der Waals surface area contributed by atoms with Gasteiger partial charge in [0, 0.05) is 19.0 Å². The normalized spacial score (nSPS) is 13.4. The number of furan rings is 1. The monoisotopic (exact) mass is 266 g/mol. The van der Waals surface area contributed by atoms with Crippen molar-refractivity contribution >= 4 is 0 Å². The predicted octanol–water partition coefficient (Wildman–Crippen LogP) is 3.74. The largest absolute Gasteiger partial charge is 0.464 e. The van der Waals surface area contributed by atoms with E-state index in [0.29, 0.717) is 12.6 Å². The zero-order chi connectivity index (χ0) is 14.3. The molecule has 1 aromatic rings. The van der Waals surface area contributed by atoms with Crippen LogP contribution >= 0.6 is 0 Å². The van der Waals surface area contributed by atoms with Gasteiger partial charge in [0.2, 0.25) is 0 Å². The molecule has 0 saturated carbocycles. The standard InChI is InChI=1S/C16H30N2O/c1-5-7-8-11-18(13(3)4)15(12-17)16-10-9-14(6-2)19-16/h9-10,13,15H,5-8,11-12,17H2,1-4H3. The lowest BCUT2D eigenvalue weighted by Crippen LogP contribution is -2.39. The molecule has 0 amide bonds. The van der Waals surface area contributed by atoms with Crippen LogP contribution in [0.2, 0.25) is 0 Å². The maximum absolute atomic E-state index is 6.00. The van der Waals surface area contributed by atoms with Gasteiger partial charge in [-0.1, -0.05) is 26.7 Å². The zero-order valence-electron chi connectivity index (χ0n) is 13.0. The van der Waals surface area contributed by atoms with Crippen LogP contribution in [0.1, 0.15) is 64.5 Å². The van der Waals surface area contributed by atoms with Crippen LogP contribution in [0, 0.1) is 0 Å². The second-order valence-electron chi connectivity index (χ2n) is 5.45. The van der Waals surface area contributed by atoms with E-state index in [2.05, 4.69) is 44.7 Å². The predicted molar refractivity (Wildman–Crippen MR) is 81.2 cm³/mol. The van der Waals surface area contributed by atoms with Crippen LogP contribution in [0.4, 0.5) is 0 Å². The third-order valence-corrected chi connectivity index (χ3v) is 3.67. The molecule has 3 nitrogen and oxygen atoms in total. The molecule has 1 atom stereocenters. The van der Waals surface area contributed by atoms with Crippen LogP contribution in [0.25, 0.3) is 0 Å². The topological polar surface area (TPSA) is 42.4 Å². The minimum absolute atomic E-state index is 0.206. The molecule has 0 fully saturated rings. The summed E-state index contributed by atoms with van der Waals surface area (Å²) in [5.74, 6) is 2.07. The van der Waals surface area contributed by atoms with Crippen molar-refractivity contribution in [3.05, 3.63) is 23.7 Å². The molecule has 0 aliphatic carbocycles. The van der Waals surface area contributed by atoms with E-state index in [4.69, 9.17) is 10.2 Å². The van der Waals surface area contributed by atoms with Crippen LogP contribution in [0.15, 0.2) is 16.5 Å². The van der Waals surface area contributed by atoms with E-state index < -0.39 is 0 Å². The molecule has 2 N–H and O–H groups in total. The van der Waals surface area contributed by atoms with Gasteiger partial charge >= 0.3 is 0 Å². The number of hydrogen-bond acceptors (Lipinski definition) is 3. The van der Waals surface area contributed by atoms with Gasteiger partial charge in [-0.05, 0) is 38.9 Å². The number of aryl methyl sites for hydroxylation is 1. The molecule has 1 aromatic heterocycles. The first-order valence-corrected chi connectivity index (χ1v) is 7.68. The van der Waals surface area contributed by atoms with Crippen molar-refractivity contribution in [2.24, 2.45) is 5.73 Å². The molecule has 0 aromatic carbocycles. The number of nitrogens with two attached hydrogens (primary N) is 1. The van der Waals surface area contributed by atoms with Gasteiger partial charge in [0.05, 0.1) is 6.04 Å². The average Bonchev–Trinajstić information content (AvgIpc) is 2.86. The van der Waals surface area contributed by atoms with E-state index in [-0.39, 0.29) is 6.04 Å². The Bertz CT molecular complexity index is 346. The smallest absolute Gasteiger partial charge is 0.122 e. The molecule has 3 heteroatoms. The van der Waals surface area contributed by atoms with Gasteiger partial charge in [-0.3, -0.25) is 4.90 Å². The average molecular weight is 266 g/mol. The lowest BCUT2D eigenvalue weighted by atomic mass is 10.1. The molecule has 0 spiro atoms. The molecule has 0 aliphatic rings.